The molecule has 1 nitrogen and oxygen atoms in total. The van der Waals surface area contributed by atoms with Crippen molar-refractivity contribution in [1.29, 1.82) is 0 Å². The van der Waals surface area contributed by atoms with Gasteiger partial charge >= 0.3 is 0 Å². The fourth-order valence-corrected chi connectivity index (χ4v) is 0.874. The van der Waals surface area contributed by atoms with Gasteiger partial charge in [-0.2, -0.15) is 0 Å². The van der Waals surface area contributed by atoms with Gasteiger partial charge in [-0.1, -0.05) is 0 Å². The Bertz CT molecular complexity index is 75.3. The summed E-state index contributed by atoms with van der Waals surface area (Å²) in [5.41, 5.74) is 0. The summed E-state index contributed by atoms with van der Waals surface area (Å²) in [6, 6.07) is 0. The molecular weight excluding hydrogens is 178 g/mol. The van der Waals surface area contributed by atoms with E-state index in [9.17, 15) is 4.21 Å². The highest BCUT2D eigenvalue weighted by molar-refractivity contribution is 8.09. The smallest absolute Gasteiger partial charge is 0.137 e. The van der Waals surface area contributed by atoms with E-state index in [4.69, 9.17) is 33.9 Å². The van der Waals surface area contributed by atoms with Gasteiger partial charge in [0.25, 0.3) is 0 Å². The molecule has 0 saturated carbocycles. The van der Waals surface area contributed by atoms with Crippen molar-refractivity contribution < 1.29 is 4.21 Å². The molecule has 0 rings (SSSR count). The maximum Gasteiger partial charge on any atom is 0.137 e. The van der Waals surface area contributed by atoms with Crippen LogP contribution in [0.3, 0.4) is 0 Å². The van der Waals surface area contributed by atoms with E-state index < -0.39 is 14.7 Å². The lowest BCUT2D eigenvalue weighted by atomic mass is 10.9. The highest BCUT2D eigenvalue weighted by Gasteiger charge is 2.06. The number of hydrogen-bond donors (Lipinski definition) is 0. The Morgan fingerprint density at radius 3 is 2.14 bits per heavy atom. The third kappa shape index (κ3) is 3.59. The summed E-state index contributed by atoms with van der Waals surface area (Å²) in [7, 11) is 3.48. The van der Waals surface area contributed by atoms with E-state index in [0.717, 1.165) is 0 Å². The van der Waals surface area contributed by atoms with Gasteiger partial charge in [-0.15, -0.1) is 23.2 Å². The summed E-state index contributed by atoms with van der Waals surface area (Å²) < 4.78 is 9.41. The van der Waals surface area contributed by atoms with Gasteiger partial charge in [0.15, 0.2) is 0 Å². The van der Waals surface area contributed by atoms with Gasteiger partial charge in [0, 0.05) is 0 Å². The summed E-state index contributed by atoms with van der Waals surface area (Å²) in [6.45, 7) is 0. The molecule has 0 aromatic rings. The molecule has 0 fully saturated rings. The van der Waals surface area contributed by atoms with E-state index in [1.54, 1.807) is 0 Å². The molecule has 0 N–H and O–H groups in total. The Morgan fingerprint density at radius 1 is 1.71 bits per heavy atom. The maximum absolute atomic E-state index is 10.0. The Labute approximate surface area is 58.9 Å². The van der Waals surface area contributed by atoms with Gasteiger partial charge in [-0.3, -0.25) is 0 Å². The molecule has 0 amide bonds. The highest BCUT2D eigenvalue weighted by atomic mass is 35.7. The molecule has 0 aliphatic heterocycles. The molecule has 0 radical (unpaired) electrons. The van der Waals surface area contributed by atoms with Crippen LogP contribution in [0, 0.1) is 0 Å². The molecule has 0 spiro atoms. The van der Waals surface area contributed by atoms with Crippen LogP contribution in [0.1, 0.15) is 0 Å². The molecule has 0 aromatic carbocycles. The van der Waals surface area contributed by atoms with Crippen molar-refractivity contribution in [2.45, 2.75) is 4.71 Å². The summed E-state index contributed by atoms with van der Waals surface area (Å²) >= 11 is 10.4. The Balaban J connectivity index is 3.34. The van der Waals surface area contributed by atoms with Crippen LogP contribution >= 0.6 is 33.9 Å². The van der Waals surface area contributed by atoms with Crippen molar-refractivity contribution in [2.75, 3.05) is 5.88 Å². The zero-order chi connectivity index (χ0) is 5.86. The second-order valence-corrected chi connectivity index (χ2v) is 3.89. The van der Waals surface area contributed by atoms with Gasteiger partial charge < -0.3 is 0 Å². The number of hydrogen-bond acceptors (Lipinski definition) is 1. The van der Waals surface area contributed by atoms with Gasteiger partial charge in [0.2, 0.25) is 0 Å². The van der Waals surface area contributed by atoms with Gasteiger partial charge in [-0.05, 0) is 10.7 Å². The van der Waals surface area contributed by atoms with Crippen molar-refractivity contribution in [1.82, 2.24) is 0 Å². The quantitative estimate of drug-likeness (QED) is 0.468. The normalized spacial score (nSPS) is 18.7. The summed E-state index contributed by atoms with van der Waals surface area (Å²) in [4.78, 5) is 0. The van der Waals surface area contributed by atoms with Crippen molar-refractivity contribution in [3.05, 3.63) is 0 Å². The van der Waals surface area contributed by atoms with E-state index in [-0.39, 0.29) is 5.88 Å². The lowest BCUT2D eigenvalue weighted by Crippen LogP contribution is -2.01. The van der Waals surface area contributed by atoms with E-state index >= 15 is 0 Å². The van der Waals surface area contributed by atoms with Crippen LogP contribution in [0.25, 0.3) is 0 Å². The molecule has 44 valence electrons. The predicted octanol–water partition coefficient (Wildman–Crippen LogP) is 1.69. The van der Waals surface area contributed by atoms with Gasteiger partial charge in [0.05, 0.1) is 5.88 Å². The molecule has 0 heterocycles. The second-order valence-electron chi connectivity index (χ2n) is 0.813. The molecule has 7 heavy (non-hydrogen) atoms. The minimum atomic E-state index is -1.50. The largest absolute Gasteiger partial charge is 0.241 e. The predicted molar refractivity (Wildman–Crippen MR) is 34.4 cm³/mol. The van der Waals surface area contributed by atoms with Crippen LogP contribution in [-0.4, -0.2) is 14.8 Å². The van der Waals surface area contributed by atoms with E-state index in [1.807, 2.05) is 0 Å². The summed E-state index contributed by atoms with van der Waals surface area (Å²) in [5, 5.41) is 0. The van der Waals surface area contributed by atoms with Crippen LogP contribution in [0.4, 0.5) is 0 Å². The first-order chi connectivity index (χ1) is 3.18. The van der Waals surface area contributed by atoms with Crippen molar-refractivity contribution in [2.24, 2.45) is 0 Å². The first-order valence-corrected chi connectivity index (χ1v) is 4.46. The van der Waals surface area contributed by atoms with Crippen molar-refractivity contribution >= 4 is 43.9 Å². The lowest BCUT2D eigenvalue weighted by molar-refractivity contribution is 0.690. The van der Waals surface area contributed by atoms with Gasteiger partial charge in [0.1, 0.15) is 14.7 Å². The fraction of sp³-hybridized carbons (Fsp3) is 1.00. The number of rotatable bonds is 2. The summed E-state index contributed by atoms with van der Waals surface area (Å²) in [5.74, 6) is 0.123. The average Bonchev–Trinajstić information content (AvgIpc) is 1.65. The Hall–Kier alpha value is 1.02. The standard InChI is InChI=1S/C2H3Cl3OS/c3-1-2(4)7(5)6/h2H,1H2. The molecule has 0 bridgehead atoms. The monoisotopic (exact) mass is 180 g/mol. The Kier molecular flexibility index (Phi) is 4.53. The molecule has 0 aromatic heterocycles. The Morgan fingerprint density at radius 2 is 2.14 bits per heavy atom. The molecule has 5 heteroatoms. The first kappa shape index (κ1) is 8.02. The fourth-order valence-electron chi connectivity index (χ4n) is 0.0495. The summed E-state index contributed by atoms with van der Waals surface area (Å²) in [6.07, 6.45) is 0. The highest BCUT2D eigenvalue weighted by Crippen LogP contribution is 2.07. The molecule has 2 unspecified atom stereocenters. The zero-order valence-corrected chi connectivity index (χ0v) is 6.32. The minimum Gasteiger partial charge on any atom is -0.241 e. The zero-order valence-electron chi connectivity index (χ0n) is 3.23. The molecule has 0 saturated heterocycles. The SMILES string of the molecule is O=S(Cl)C(Cl)CCl. The van der Waals surface area contributed by atoms with E-state index in [0.29, 0.717) is 0 Å². The first-order valence-electron chi connectivity index (χ1n) is 1.45. The molecule has 0 aliphatic carbocycles. The number of alkyl halides is 2. The lowest BCUT2D eigenvalue weighted by Gasteiger charge is -1.92. The van der Waals surface area contributed by atoms with Crippen LogP contribution in [0.15, 0.2) is 0 Å². The third-order valence-electron chi connectivity index (χ3n) is 0.322. The topological polar surface area (TPSA) is 17.1 Å². The van der Waals surface area contributed by atoms with E-state index in [2.05, 4.69) is 0 Å². The van der Waals surface area contributed by atoms with Crippen molar-refractivity contribution in [3.63, 3.8) is 0 Å². The van der Waals surface area contributed by atoms with Crippen LogP contribution in [0.2, 0.25) is 0 Å². The minimum absolute atomic E-state index is 0.123. The van der Waals surface area contributed by atoms with Crippen LogP contribution < -0.4 is 0 Å². The van der Waals surface area contributed by atoms with Crippen LogP contribution in [-0.2, 0) is 10.0 Å². The second kappa shape index (κ2) is 3.96. The van der Waals surface area contributed by atoms with E-state index in [1.165, 1.54) is 0 Å². The molecule has 2 atom stereocenters. The molecule has 0 aliphatic rings. The van der Waals surface area contributed by atoms with Crippen molar-refractivity contribution in [3.8, 4) is 0 Å². The average molecular weight is 181 g/mol. The third-order valence-corrected chi connectivity index (χ3v) is 3.10. The number of halogens is 3. The molecular formula is C2H3Cl3OS. The van der Waals surface area contributed by atoms with Crippen LogP contribution in [0.5, 0.6) is 0 Å². The maximum atomic E-state index is 10.0. The van der Waals surface area contributed by atoms with Gasteiger partial charge in [-0.25, -0.2) is 4.21 Å².